The number of halogens is 2. The van der Waals surface area contributed by atoms with Gasteiger partial charge in [0.15, 0.2) is 0 Å². The summed E-state index contributed by atoms with van der Waals surface area (Å²) in [5.41, 5.74) is 0.481. The predicted octanol–water partition coefficient (Wildman–Crippen LogP) is 3.54. The Morgan fingerprint density at radius 2 is 1.83 bits per heavy atom. The predicted molar refractivity (Wildman–Crippen MR) is 89.1 cm³/mol. The van der Waals surface area contributed by atoms with E-state index in [0.29, 0.717) is 4.47 Å². The molecule has 24 heavy (non-hydrogen) atoms. The summed E-state index contributed by atoms with van der Waals surface area (Å²) in [7, 11) is -3.95. The highest BCUT2D eigenvalue weighted by Crippen LogP contribution is 2.24. The van der Waals surface area contributed by atoms with Gasteiger partial charge >= 0.3 is 5.97 Å². The molecule has 0 atom stereocenters. The van der Waals surface area contributed by atoms with E-state index in [0.717, 1.165) is 11.6 Å². The summed E-state index contributed by atoms with van der Waals surface area (Å²) >= 11 is 3.13. The average Bonchev–Trinajstić information content (AvgIpc) is 2.50. The first kappa shape index (κ1) is 18.6. The van der Waals surface area contributed by atoms with Gasteiger partial charge in [0.1, 0.15) is 5.82 Å². The first-order valence-corrected chi connectivity index (χ1v) is 9.09. The quantitative estimate of drug-likeness (QED) is 0.728. The largest absolute Gasteiger partial charge is 0.478 e. The summed E-state index contributed by atoms with van der Waals surface area (Å²) in [6.45, 7) is 1.52. The molecule has 2 rings (SSSR count). The first-order chi connectivity index (χ1) is 11.2. The van der Waals surface area contributed by atoms with E-state index >= 15 is 0 Å². The van der Waals surface area contributed by atoms with E-state index < -0.39 is 27.5 Å². The van der Waals surface area contributed by atoms with Gasteiger partial charge in [0, 0.05) is 16.5 Å². The molecule has 0 fully saturated rings. The third-order valence-corrected chi connectivity index (χ3v) is 5.39. The third-order valence-electron chi connectivity index (χ3n) is 3.32. The molecule has 0 aliphatic heterocycles. The van der Waals surface area contributed by atoms with Crippen LogP contribution in [-0.2, 0) is 20.7 Å². The lowest BCUT2D eigenvalue weighted by Gasteiger charge is -2.10. The molecule has 1 N–H and O–H groups in total. The number of carboxylic acid groups (broad SMARTS) is 1. The highest BCUT2D eigenvalue weighted by Gasteiger charge is 2.19. The van der Waals surface area contributed by atoms with Crippen molar-refractivity contribution >= 4 is 32.0 Å². The fourth-order valence-electron chi connectivity index (χ4n) is 2.02. The number of aryl methyl sites for hydroxylation is 1. The molecule has 0 amide bonds. The number of aromatic carboxylic acids is 1. The minimum atomic E-state index is -3.95. The molecular weight excluding hydrogens is 403 g/mol. The van der Waals surface area contributed by atoms with Crippen molar-refractivity contribution in [2.75, 3.05) is 6.61 Å². The first-order valence-electron chi connectivity index (χ1n) is 6.88. The van der Waals surface area contributed by atoms with Crippen LogP contribution >= 0.6 is 15.9 Å². The second-order valence-electron chi connectivity index (χ2n) is 5.03. The number of hydrogen-bond acceptors (Lipinski definition) is 4. The molecule has 0 radical (unpaired) electrons. The number of hydrogen-bond donors (Lipinski definition) is 1. The van der Waals surface area contributed by atoms with E-state index in [9.17, 15) is 17.6 Å². The number of rotatable bonds is 6. The molecule has 0 unspecified atom stereocenters. The molecule has 2 aromatic carbocycles. The van der Waals surface area contributed by atoms with Gasteiger partial charge < -0.3 is 5.11 Å². The molecule has 5 nitrogen and oxygen atoms in total. The van der Waals surface area contributed by atoms with E-state index in [-0.39, 0.29) is 23.5 Å². The Hall–Kier alpha value is -1.77. The van der Waals surface area contributed by atoms with E-state index in [1.807, 2.05) is 6.92 Å². The van der Waals surface area contributed by atoms with Crippen molar-refractivity contribution < 1.29 is 26.9 Å². The zero-order valence-corrected chi connectivity index (χ0v) is 15.0. The molecule has 0 aliphatic carbocycles. The minimum absolute atomic E-state index is 0.00641. The van der Waals surface area contributed by atoms with Gasteiger partial charge in [-0.2, -0.15) is 8.42 Å². The van der Waals surface area contributed by atoms with Crippen molar-refractivity contribution in [2.24, 2.45) is 0 Å². The summed E-state index contributed by atoms with van der Waals surface area (Å²) in [5, 5.41) is 8.92. The molecular formula is C16H14BrFO5S. The number of carbonyl (C=O) groups is 1. The number of benzene rings is 2. The molecule has 0 spiro atoms. The molecule has 0 aliphatic rings. The Kier molecular flexibility index (Phi) is 5.74. The summed E-state index contributed by atoms with van der Waals surface area (Å²) in [6.07, 6.45) is -0.0986. The Balaban J connectivity index is 2.13. The van der Waals surface area contributed by atoms with Gasteiger partial charge in [0.25, 0.3) is 10.1 Å². The van der Waals surface area contributed by atoms with Crippen LogP contribution < -0.4 is 0 Å². The van der Waals surface area contributed by atoms with Crippen molar-refractivity contribution in [2.45, 2.75) is 18.2 Å². The maximum absolute atomic E-state index is 14.2. The molecule has 8 heteroatoms. The lowest BCUT2D eigenvalue weighted by Crippen LogP contribution is -2.11. The molecule has 0 saturated heterocycles. The van der Waals surface area contributed by atoms with Crippen LogP contribution in [0, 0.1) is 12.7 Å². The van der Waals surface area contributed by atoms with Crippen molar-refractivity contribution in [3.63, 3.8) is 0 Å². The summed E-state index contributed by atoms with van der Waals surface area (Å²) in [4.78, 5) is 11.0. The highest BCUT2D eigenvalue weighted by atomic mass is 79.9. The Bertz CT molecular complexity index is 863. The van der Waals surface area contributed by atoms with Gasteiger partial charge in [0.05, 0.1) is 17.1 Å². The molecule has 2 aromatic rings. The highest BCUT2D eigenvalue weighted by molar-refractivity contribution is 9.10. The van der Waals surface area contributed by atoms with Gasteiger partial charge in [-0.25, -0.2) is 9.18 Å². The van der Waals surface area contributed by atoms with Crippen LogP contribution in [0.3, 0.4) is 0 Å². The van der Waals surface area contributed by atoms with Crippen LogP contribution in [-0.4, -0.2) is 26.1 Å². The van der Waals surface area contributed by atoms with E-state index in [2.05, 4.69) is 15.9 Å². The molecule has 0 aromatic heterocycles. The lowest BCUT2D eigenvalue weighted by atomic mass is 10.1. The zero-order valence-electron chi connectivity index (χ0n) is 12.6. The maximum atomic E-state index is 14.2. The van der Waals surface area contributed by atoms with Crippen LogP contribution in [0.1, 0.15) is 21.5 Å². The van der Waals surface area contributed by atoms with Gasteiger partial charge in [0.2, 0.25) is 0 Å². The van der Waals surface area contributed by atoms with Crippen LogP contribution in [0.5, 0.6) is 0 Å². The van der Waals surface area contributed by atoms with Crippen molar-refractivity contribution in [1.29, 1.82) is 0 Å². The van der Waals surface area contributed by atoms with E-state index in [4.69, 9.17) is 9.29 Å². The summed E-state index contributed by atoms with van der Waals surface area (Å²) in [6, 6.07) is 8.66. The standard InChI is InChI=1S/C16H14BrFO5S/c1-10-2-4-11(5-3-10)24(21,22)23-9-8-12-14(17)7-6-13(15(12)18)16(19)20/h2-7H,8-9H2,1H3,(H,19,20). The average molecular weight is 417 g/mol. The minimum Gasteiger partial charge on any atom is -0.478 e. The normalized spacial score (nSPS) is 11.5. The van der Waals surface area contributed by atoms with Crippen molar-refractivity contribution in [3.05, 3.63) is 63.4 Å². The Morgan fingerprint density at radius 1 is 1.21 bits per heavy atom. The lowest BCUT2D eigenvalue weighted by molar-refractivity contribution is 0.0691. The Morgan fingerprint density at radius 3 is 2.42 bits per heavy atom. The van der Waals surface area contributed by atoms with Gasteiger partial charge in [-0.15, -0.1) is 0 Å². The summed E-state index contributed by atoms with van der Waals surface area (Å²) < 4.78 is 43.5. The van der Waals surface area contributed by atoms with Crippen LogP contribution in [0.4, 0.5) is 4.39 Å². The molecule has 0 saturated carbocycles. The monoisotopic (exact) mass is 416 g/mol. The summed E-state index contributed by atoms with van der Waals surface area (Å²) in [5.74, 6) is -2.30. The Labute approximate surface area is 147 Å². The molecule has 0 heterocycles. The second kappa shape index (κ2) is 7.42. The number of carboxylic acids is 1. The fourth-order valence-corrected chi connectivity index (χ4v) is 3.43. The SMILES string of the molecule is Cc1ccc(S(=O)(=O)OCCc2c(Br)ccc(C(=O)O)c2F)cc1. The van der Waals surface area contributed by atoms with Crippen molar-refractivity contribution in [1.82, 2.24) is 0 Å². The van der Waals surface area contributed by atoms with Gasteiger partial charge in [-0.1, -0.05) is 33.6 Å². The maximum Gasteiger partial charge on any atom is 0.338 e. The third kappa shape index (κ3) is 4.19. The van der Waals surface area contributed by atoms with Crippen molar-refractivity contribution in [3.8, 4) is 0 Å². The molecule has 0 bridgehead atoms. The van der Waals surface area contributed by atoms with E-state index in [1.165, 1.54) is 18.2 Å². The van der Waals surface area contributed by atoms with Crippen LogP contribution in [0.2, 0.25) is 0 Å². The van der Waals surface area contributed by atoms with Gasteiger partial charge in [-0.05, 0) is 31.2 Å². The molecule has 128 valence electrons. The topological polar surface area (TPSA) is 80.7 Å². The van der Waals surface area contributed by atoms with E-state index in [1.54, 1.807) is 12.1 Å². The van der Waals surface area contributed by atoms with Crippen LogP contribution in [0.25, 0.3) is 0 Å². The van der Waals surface area contributed by atoms with Crippen LogP contribution in [0.15, 0.2) is 45.8 Å². The fraction of sp³-hybridized carbons (Fsp3) is 0.188. The smallest absolute Gasteiger partial charge is 0.338 e. The van der Waals surface area contributed by atoms with Gasteiger partial charge in [-0.3, -0.25) is 4.18 Å². The second-order valence-corrected chi connectivity index (χ2v) is 7.50. The zero-order chi connectivity index (χ0) is 17.9.